The molecule has 0 amide bonds. The molecule has 2 aromatic carbocycles. The van der Waals surface area contributed by atoms with Gasteiger partial charge in [-0.05, 0) is 37.1 Å². The summed E-state index contributed by atoms with van der Waals surface area (Å²) >= 11 is 14.0. The lowest BCUT2D eigenvalue weighted by Gasteiger charge is -2.17. The fourth-order valence-corrected chi connectivity index (χ4v) is 5.10. The van der Waals surface area contributed by atoms with Crippen molar-refractivity contribution >= 4 is 45.9 Å². The molecule has 0 bridgehead atoms. The zero-order chi connectivity index (χ0) is 19.7. The molecule has 0 atom stereocenters. The highest BCUT2D eigenvalue weighted by atomic mass is 35.5. The summed E-state index contributed by atoms with van der Waals surface area (Å²) in [6.45, 7) is 0. The van der Waals surface area contributed by atoms with Crippen molar-refractivity contribution in [3.63, 3.8) is 0 Å². The van der Waals surface area contributed by atoms with Crippen LogP contribution in [-0.4, -0.2) is 9.49 Å². The van der Waals surface area contributed by atoms with Crippen LogP contribution in [0.5, 0.6) is 0 Å². The van der Waals surface area contributed by atoms with Crippen molar-refractivity contribution in [3.8, 4) is 11.3 Å². The third-order valence-corrected chi connectivity index (χ3v) is 6.32. The molecule has 4 rings (SSSR count). The number of nitrogens with zero attached hydrogens (tertiary/aromatic N) is 3. The summed E-state index contributed by atoms with van der Waals surface area (Å²) in [6, 6.07) is 12.3. The smallest absolute Gasteiger partial charge is 0.294 e. The Labute approximate surface area is 176 Å². The van der Waals surface area contributed by atoms with Crippen LogP contribution in [0.1, 0.15) is 31.7 Å². The van der Waals surface area contributed by atoms with E-state index in [0.717, 1.165) is 41.7 Å². The van der Waals surface area contributed by atoms with Gasteiger partial charge in [-0.3, -0.25) is 10.1 Å². The first kappa shape index (κ1) is 19.2. The number of aromatic nitrogens is 1. The molecule has 0 aliphatic heterocycles. The van der Waals surface area contributed by atoms with Crippen molar-refractivity contribution in [2.24, 2.45) is 4.99 Å². The second-order valence-corrected chi connectivity index (χ2v) is 8.37. The molecule has 1 aliphatic carbocycles. The van der Waals surface area contributed by atoms with Crippen LogP contribution in [0, 0.1) is 10.1 Å². The van der Waals surface area contributed by atoms with Crippen LogP contribution in [0.25, 0.3) is 11.3 Å². The van der Waals surface area contributed by atoms with Crippen molar-refractivity contribution in [2.45, 2.75) is 31.7 Å². The van der Waals surface area contributed by atoms with Gasteiger partial charge in [-0.1, -0.05) is 48.2 Å². The minimum atomic E-state index is -0.399. The van der Waals surface area contributed by atoms with Crippen LogP contribution < -0.4 is 4.80 Å². The predicted octanol–water partition coefficient (Wildman–Crippen LogP) is 6.78. The number of rotatable bonds is 4. The van der Waals surface area contributed by atoms with E-state index in [1.54, 1.807) is 24.3 Å². The molecular weight excluding hydrogens is 417 g/mol. The van der Waals surface area contributed by atoms with Crippen LogP contribution in [0.15, 0.2) is 52.8 Å². The van der Waals surface area contributed by atoms with Gasteiger partial charge < -0.3 is 4.57 Å². The maximum Gasteiger partial charge on any atom is 0.294 e. The Hall–Kier alpha value is -2.15. The third-order valence-electron chi connectivity index (χ3n) is 4.93. The highest BCUT2D eigenvalue weighted by Crippen LogP contribution is 2.37. The van der Waals surface area contributed by atoms with Crippen molar-refractivity contribution in [1.82, 2.24) is 4.57 Å². The monoisotopic (exact) mass is 433 g/mol. The molecule has 8 heteroatoms. The number of hydrogen-bond donors (Lipinski definition) is 0. The van der Waals surface area contributed by atoms with E-state index >= 15 is 0 Å². The van der Waals surface area contributed by atoms with Gasteiger partial charge in [-0.25, -0.2) is 4.99 Å². The van der Waals surface area contributed by atoms with E-state index in [2.05, 4.69) is 9.56 Å². The Balaban J connectivity index is 1.92. The van der Waals surface area contributed by atoms with Crippen molar-refractivity contribution in [2.75, 3.05) is 0 Å². The summed E-state index contributed by atoms with van der Waals surface area (Å²) in [5.74, 6) is 0. The summed E-state index contributed by atoms with van der Waals surface area (Å²) in [5, 5.41) is 14.5. The number of nitro benzene ring substituents is 1. The van der Waals surface area contributed by atoms with Gasteiger partial charge in [0.15, 0.2) is 4.80 Å². The Bertz CT molecular complexity index is 1100. The molecule has 1 aliphatic rings. The Morgan fingerprint density at radius 2 is 1.89 bits per heavy atom. The molecule has 0 N–H and O–H groups in total. The molecule has 0 spiro atoms. The quantitative estimate of drug-likeness (QED) is 0.336. The summed E-state index contributed by atoms with van der Waals surface area (Å²) in [6.07, 6.45) is 4.43. The zero-order valence-corrected chi connectivity index (χ0v) is 17.2. The number of halogens is 2. The van der Waals surface area contributed by atoms with E-state index in [-0.39, 0.29) is 5.69 Å². The summed E-state index contributed by atoms with van der Waals surface area (Å²) in [5.41, 5.74) is 2.21. The third kappa shape index (κ3) is 3.72. The number of thiazole rings is 1. The average molecular weight is 434 g/mol. The second-order valence-electron chi connectivity index (χ2n) is 6.69. The minimum Gasteiger partial charge on any atom is -0.313 e. The maximum absolute atomic E-state index is 11.4. The standard InChI is InChI=1S/C20H17Cl2N3O2S/c21-13-9-10-15(16(22)11-13)19-12-28-20(24(19)14-5-1-2-6-14)23-17-7-3-4-8-18(17)25(26)27/h3-4,7-12,14H,1-2,5-6H2. The summed E-state index contributed by atoms with van der Waals surface area (Å²) in [4.78, 5) is 16.4. The van der Waals surface area contributed by atoms with E-state index in [1.807, 2.05) is 17.5 Å². The normalized spacial score (nSPS) is 15.3. The molecular formula is C20H17Cl2N3O2S. The van der Waals surface area contributed by atoms with Gasteiger partial charge in [-0.2, -0.15) is 0 Å². The van der Waals surface area contributed by atoms with Crippen molar-refractivity contribution in [3.05, 3.63) is 72.8 Å². The van der Waals surface area contributed by atoms with Gasteiger partial charge in [0.25, 0.3) is 5.69 Å². The zero-order valence-electron chi connectivity index (χ0n) is 14.8. The van der Waals surface area contributed by atoms with Crippen LogP contribution >= 0.6 is 34.5 Å². The van der Waals surface area contributed by atoms with Gasteiger partial charge in [0, 0.05) is 28.1 Å². The van der Waals surface area contributed by atoms with Crippen molar-refractivity contribution < 1.29 is 4.92 Å². The Kier molecular flexibility index (Phi) is 5.53. The van der Waals surface area contributed by atoms with E-state index in [1.165, 1.54) is 17.4 Å². The molecule has 5 nitrogen and oxygen atoms in total. The largest absolute Gasteiger partial charge is 0.313 e. The molecule has 3 aromatic rings. The molecule has 28 heavy (non-hydrogen) atoms. The molecule has 1 fully saturated rings. The van der Waals surface area contributed by atoms with Crippen molar-refractivity contribution in [1.29, 1.82) is 0 Å². The van der Waals surface area contributed by atoms with Gasteiger partial charge >= 0.3 is 0 Å². The van der Waals surface area contributed by atoms with E-state index in [4.69, 9.17) is 23.2 Å². The minimum absolute atomic E-state index is 0.0000488. The second kappa shape index (κ2) is 8.07. The van der Waals surface area contributed by atoms with Crippen LogP contribution in [0.4, 0.5) is 11.4 Å². The average Bonchev–Trinajstić information content (AvgIpc) is 3.32. The molecule has 0 radical (unpaired) electrons. The Morgan fingerprint density at radius 1 is 1.14 bits per heavy atom. The fraction of sp³-hybridized carbons (Fsp3) is 0.250. The first-order valence-electron chi connectivity index (χ1n) is 8.98. The SMILES string of the molecule is O=[N+]([O-])c1ccccc1N=c1scc(-c2ccc(Cl)cc2Cl)n1C1CCCC1. The first-order chi connectivity index (χ1) is 13.5. The van der Waals surface area contributed by atoms with Gasteiger partial charge in [0.2, 0.25) is 0 Å². The molecule has 1 heterocycles. The molecule has 0 saturated heterocycles. The molecule has 1 aromatic heterocycles. The molecule has 1 saturated carbocycles. The van der Waals surface area contributed by atoms with Gasteiger partial charge in [0.05, 0.1) is 15.6 Å². The highest BCUT2D eigenvalue weighted by molar-refractivity contribution is 7.07. The molecule has 0 unspecified atom stereocenters. The summed E-state index contributed by atoms with van der Waals surface area (Å²) in [7, 11) is 0. The summed E-state index contributed by atoms with van der Waals surface area (Å²) < 4.78 is 2.18. The molecule has 144 valence electrons. The number of para-hydroxylation sites is 2. The predicted molar refractivity (Wildman–Crippen MR) is 114 cm³/mol. The number of hydrogen-bond acceptors (Lipinski definition) is 4. The van der Waals surface area contributed by atoms with Gasteiger partial charge in [0.1, 0.15) is 5.69 Å². The maximum atomic E-state index is 11.4. The fourth-order valence-electron chi connectivity index (χ4n) is 3.63. The van der Waals surface area contributed by atoms with Crippen LogP contribution in [-0.2, 0) is 0 Å². The van der Waals surface area contributed by atoms with Gasteiger partial charge in [-0.15, -0.1) is 11.3 Å². The van der Waals surface area contributed by atoms with Crippen LogP contribution in [0.2, 0.25) is 10.0 Å². The van der Waals surface area contributed by atoms with E-state index in [9.17, 15) is 10.1 Å². The lowest BCUT2D eigenvalue weighted by molar-refractivity contribution is -0.384. The number of nitro groups is 1. The highest BCUT2D eigenvalue weighted by Gasteiger charge is 2.23. The number of benzene rings is 2. The topological polar surface area (TPSA) is 60.4 Å². The lowest BCUT2D eigenvalue weighted by Crippen LogP contribution is -2.20. The van der Waals surface area contributed by atoms with Crippen LogP contribution in [0.3, 0.4) is 0 Å². The first-order valence-corrected chi connectivity index (χ1v) is 10.6. The van der Waals surface area contributed by atoms with E-state index < -0.39 is 4.92 Å². The van der Waals surface area contributed by atoms with E-state index in [0.29, 0.717) is 21.8 Å². The Morgan fingerprint density at radius 3 is 2.61 bits per heavy atom. The lowest BCUT2D eigenvalue weighted by atomic mass is 10.1.